The third kappa shape index (κ3) is 3.04. The maximum Gasteiger partial charge on any atom is 0.322 e. The number of amides is 3. The molecule has 1 aliphatic heterocycles. The number of fused-ring (bicyclic) bond motifs is 1. The van der Waals surface area contributed by atoms with Gasteiger partial charge in [0.25, 0.3) is 0 Å². The van der Waals surface area contributed by atoms with E-state index in [9.17, 15) is 9.59 Å². The molecule has 1 aromatic rings. The third-order valence-electron chi connectivity index (χ3n) is 3.27. The van der Waals surface area contributed by atoms with Crippen molar-refractivity contribution in [1.82, 2.24) is 10.6 Å². The number of rotatable bonds is 3. The second kappa shape index (κ2) is 6.13. The van der Waals surface area contributed by atoms with Crippen LogP contribution in [0.2, 0.25) is 5.02 Å². The fraction of sp³-hybridized carbons (Fsp3) is 0.429. The van der Waals surface area contributed by atoms with Gasteiger partial charge in [0.15, 0.2) is 0 Å². The number of carbonyl (C=O) groups excluding carboxylic acids is 2. The average molecular weight is 296 g/mol. The summed E-state index contributed by atoms with van der Waals surface area (Å²) in [6.45, 7) is 4.65. The molecule has 0 aliphatic carbocycles. The van der Waals surface area contributed by atoms with Crippen molar-refractivity contribution in [2.45, 2.75) is 26.3 Å². The van der Waals surface area contributed by atoms with Gasteiger partial charge in [0.1, 0.15) is 6.04 Å². The largest absolute Gasteiger partial charge is 0.355 e. The third-order valence-corrected chi connectivity index (χ3v) is 3.51. The maximum atomic E-state index is 12.2. The molecule has 3 amide bonds. The predicted molar refractivity (Wildman–Crippen MR) is 79.2 cm³/mol. The van der Waals surface area contributed by atoms with Gasteiger partial charge in [0.2, 0.25) is 5.91 Å². The molecular weight excluding hydrogens is 278 g/mol. The first kappa shape index (κ1) is 14.7. The molecule has 0 bridgehead atoms. The molecule has 0 radical (unpaired) electrons. The number of nitrogens with zero attached hydrogens (tertiary/aromatic N) is 1. The molecular formula is C14H18ClN3O2. The van der Waals surface area contributed by atoms with Crippen molar-refractivity contribution in [3.05, 3.63) is 28.8 Å². The van der Waals surface area contributed by atoms with E-state index >= 15 is 0 Å². The molecule has 0 saturated heterocycles. The summed E-state index contributed by atoms with van der Waals surface area (Å²) < 4.78 is 0. The lowest BCUT2D eigenvalue weighted by molar-refractivity contribution is -0.122. The Bertz CT molecular complexity index is 533. The molecule has 0 aromatic heterocycles. The zero-order valence-electron chi connectivity index (χ0n) is 11.6. The van der Waals surface area contributed by atoms with Gasteiger partial charge in [-0.05, 0) is 38.0 Å². The molecule has 0 fully saturated rings. The molecule has 1 atom stereocenters. The highest BCUT2D eigenvalue weighted by Crippen LogP contribution is 2.30. The first-order valence-electron chi connectivity index (χ1n) is 6.67. The predicted octanol–water partition coefficient (Wildman–Crippen LogP) is 1.94. The number of urea groups is 1. The highest BCUT2D eigenvalue weighted by molar-refractivity contribution is 6.31. The molecule has 5 nitrogen and oxygen atoms in total. The molecule has 108 valence electrons. The Morgan fingerprint density at radius 2 is 2.20 bits per heavy atom. The standard InChI is InChI=1S/C14H18ClN3O2/c1-3-16-13(19)9(2)17-14(20)18-7-6-10-4-5-11(15)8-12(10)18/h4-5,8-9H,3,6-7H2,1-2H3,(H,16,19)(H,17,20)/t9-/m1/s1. The van der Waals surface area contributed by atoms with Crippen molar-refractivity contribution in [2.75, 3.05) is 18.0 Å². The Morgan fingerprint density at radius 1 is 1.45 bits per heavy atom. The molecule has 6 heteroatoms. The zero-order valence-corrected chi connectivity index (χ0v) is 12.3. The first-order valence-corrected chi connectivity index (χ1v) is 7.05. The molecule has 0 unspecified atom stereocenters. The van der Waals surface area contributed by atoms with Gasteiger partial charge in [-0.15, -0.1) is 0 Å². The van der Waals surface area contributed by atoms with E-state index in [1.165, 1.54) is 0 Å². The van der Waals surface area contributed by atoms with E-state index in [1.807, 2.05) is 19.1 Å². The number of benzene rings is 1. The van der Waals surface area contributed by atoms with Crippen molar-refractivity contribution in [3.8, 4) is 0 Å². The minimum atomic E-state index is -0.564. The number of anilines is 1. The van der Waals surface area contributed by atoms with Crippen LogP contribution >= 0.6 is 11.6 Å². The molecule has 1 aromatic carbocycles. The van der Waals surface area contributed by atoms with Gasteiger partial charge < -0.3 is 10.6 Å². The van der Waals surface area contributed by atoms with Crippen molar-refractivity contribution in [3.63, 3.8) is 0 Å². The van der Waals surface area contributed by atoms with Gasteiger partial charge >= 0.3 is 6.03 Å². The molecule has 0 spiro atoms. The van der Waals surface area contributed by atoms with Crippen molar-refractivity contribution >= 4 is 29.2 Å². The van der Waals surface area contributed by atoms with Gasteiger partial charge in [-0.1, -0.05) is 17.7 Å². The summed E-state index contributed by atoms with van der Waals surface area (Å²) in [4.78, 5) is 25.5. The Labute approximate surface area is 123 Å². The Morgan fingerprint density at radius 3 is 2.90 bits per heavy atom. The van der Waals surface area contributed by atoms with Gasteiger partial charge in [-0.3, -0.25) is 9.69 Å². The minimum Gasteiger partial charge on any atom is -0.355 e. The summed E-state index contributed by atoms with van der Waals surface area (Å²) in [7, 11) is 0. The SMILES string of the molecule is CCNC(=O)[C@@H](C)NC(=O)N1CCc2ccc(Cl)cc21. The Hall–Kier alpha value is -1.75. The maximum absolute atomic E-state index is 12.2. The zero-order chi connectivity index (χ0) is 14.7. The number of hydrogen-bond acceptors (Lipinski definition) is 2. The van der Waals surface area contributed by atoms with Crippen LogP contribution in [0.15, 0.2) is 18.2 Å². The van der Waals surface area contributed by atoms with Crippen LogP contribution in [0.4, 0.5) is 10.5 Å². The van der Waals surface area contributed by atoms with Gasteiger partial charge in [0.05, 0.1) is 5.69 Å². The van der Waals surface area contributed by atoms with Gasteiger partial charge in [-0.25, -0.2) is 4.79 Å². The lowest BCUT2D eigenvalue weighted by Crippen LogP contribution is -2.49. The van der Waals surface area contributed by atoms with Crippen LogP contribution in [0.1, 0.15) is 19.4 Å². The van der Waals surface area contributed by atoms with E-state index in [0.717, 1.165) is 17.7 Å². The number of likely N-dealkylation sites (N-methyl/N-ethyl adjacent to an activating group) is 1. The highest BCUT2D eigenvalue weighted by atomic mass is 35.5. The van der Waals surface area contributed by atoms with Crippen molar-refractivity contribution < 1.29 is 9.59 Å². The van der Waals surface area contributed by atoms with Crippen LogP contribution < -0.4 is 15.5 Å². The van der Waals surface area contributed by atoms with Crippen molar-refractivity contribution in [2.24, 2.45) is 0 Å². The fourth-order valence-electron chi connectivity index (χ4n) is 2.22. The average Bonchev–Trinajstić information content (AvgIpc) is 2.81. The summed E-state index contributed by atoms with van der Waals surface area (Å²) in [6, 6.07) is 4.69. The normalized spacial score (nSPS) is 14.7. The number of nitrogens with one attached hydrogen (secondary N) is 2. The first-order chi connectivity index (χ1) is 9.52. The molecule has 1 aliphatic rings. The van der Waals surface area contributed by atoms with E-state index < -0.39 is 6.04 Å². The van der Waals surface area contributed by atoms with Crippen molar-refractivity contribution in [1.29, 1.82) is 0 Å². The van der Waals surface area contributed by atoms with E-state index in [-0.39, 0.29) is 11.9 Å². The van der Waals surface area contributed by atoms with E-state index in [4.69, 9.17) is 11.6 Å². The van der Waals surface area contributed by atoms with E-state index in [0.29, 0.717) is 18.1 Å². The number of halogens is 1. The molecule has 2 rings (SSSR count). The molecule has 1 heterocycles. The quantitative estimate of drug-likeness (QED) is 0.895. The van der Waals surface area contributed by atoms with E-state index in [2.05, 4.69) is 10.6 Å². The minimum absolute atomic E-state index is 0.189. The second-order valence-corrected chi connectivity index (χ2v) is 5.18. The lowest BCUT2D eigenvalue weighted by Gasteiger charge is -2.21. The summed E-state index contributed by atoms with van der Waals surface area (Å²) in [6.07, 6.45) is 0.801. The van der Waals surface area contributed by atoms with Crippen LogP contribution in [0, 0.1) is 0 Å². The highest BCUT2D eigenvalue weighted by Gasteiger charge is 2.26. The lowest BCUT2D eigenvalue weighted by atomic mass is 10.2. The summed E-state index contributed by atoms with van der Waals surface area (Å²) >= 11 is 5.97. The van der Waals surface area contributed by atoms with Crippen LogP contribution in [0.25, 0.3) is 0 Å². The topological polar surface area (TPSA) is 61.4 Å². The summed E-state index contributed by atoms with van der Waals surface area (Å²) in [5.74, 6) is -0.189. The van der Waals surface area contributed by atoms with Gasteiger partial charge in [-0.2, -0.15) is 0 Å². The number of carbonyl (C=O) groups is 2. The summed E-state index contributed by atoms with van der Waals surface area (Å²) in [5.41, 5.74) is 1.91. The van der Waals surface area contributed by atoms with Crippen LogP contribution in [0.5, 0.6) is 0 Å². The number of hydrogen-bond donors (Lipinski definition) is 2. The smallest absolute Gasteiger partial charge is 0.322 e. The van der Waals surface area contributed by atoms with Crippen LogP contribution in [0.3, 0.4) is 0 Å². The fourth-order valence-corrected chi connectivity index (χ4v) is 2.39. The van der Waals surface area contributed by atoms with E-state index in [1.54, 1.807) is 17.9 Å². The monoisotopic (exact) mass is 295 g/mol. The van der Waals surface area contributed by atoms with Crippen LogP contribution in [-0.2, 0) is 11.2 Å². The molecule has 0 saturated carbocycles. The second-order valence-electron chi connectivity index (χ2n) is 4.74. The van der Waals surface area contributed by atoms with Crippen LogP contribution in [-0.4, -0.2) is 31.1 Å². The Kier molecular flexibility index (Phi) is 4.49. The molecule has 2 N–H and O–H groups in total. The van der Waals surface area contributed by atoms with Gasteiger partial charge in [0, 0.05) is 18.1 Å². The molecule has 20 heavy (non-hydrogen) atoms. The summed E-state index contributed by atoms with van der Waals surface area (Å²) in [5, 5.41) is 5.97. The Balaban J connectivity index is 2.05.